The molecule has 0 N–H and O–H groups in total. The summed E-state index contributed by atoms with van der Waals surface area (Å²) in [5.41, 5.74) is 0. The van der Waals surface area contributed by atoms with E-state index in [0.717, 1.165) is 25.7 Å². The minimum Gasteiger partial charge on any atom is -0.299 e. The van der Waals surface area contributed by atoms with Gasteiger partial charge in [0.2, 0.25) is 0 Å². The van der Waals surface area contributed by atoms with Gasteiger partial charge in [0, 0.05) is 12.3 Å². The van der Waals surface area contributed by atoms with Crippen LogP contribution in [0.3, 0.4) is 0 Å². The molecule has 1 atom stereocenters. The first-order valence-electron chi connectivity index (χ1n) is 4.63. The minimum absolute atomic E-state index is 0.243. The molecule has 0 aromatic rings. The number of hydrogen-bond donors (Lipinski definition) is 0. The average molecular weight is 164 g/mol. The maximum atomic E-state index is 11.5. The minimum atomic E-state index is 0.243. The lowest BCUT2D eigenvalue weighted by molar-refractivity contribution is -0.122. The van der Waals surface area contributed by atoms with Gasteiger partial charge < -0.3 is 0 Å². The second kappa shape index (κ2) is 4.91. The molecule has 0 spiro atoms. The first-order valence-corrected chi connectivity index (χ1v) is 4.63. The zero-order valence-corrected chi connectivity index (χ0v) is 7.46. The molecule has 0 aromatic carbocycles. The van der Waals surface area contributed by atoms with E-state index >= 15 is 0 Å². The highest BCUT2D eigenvalue weighted by atomic mass is 16.1. The van der Waals surface area contributed by atoms with E-state index in [-0.39, 0.29) is 5.92 Å². The van der Waals surface area contributed by atoms with Gasteiger partial charge in [-0.15, -0.1) is 6.58 Å². The van der Waals surface area contributed by atoms with Crippen molar-refractivity contribution in [1.82, 2.24) is 0 Å². The molecule has 1 unspecified atom stereocenters. The number of allylic oxidation sites excluding steroid dienone is 3. The Bertz CT molecular complexity index is 191. The van der Waals surface area contributed by atoms with Crippen LogP contribution in [0, 0.1) is 5.92 Å². The van der Waals surface area contributed by atoms with E-state index < -0.39 is 0 Å². The summed E-state index contributed by atoms with van der Waals surface area (Å²) < 4.78 is 0. The van der Waals surface area contributed by atoms with Crippen LogP contribution in [0.15, 0.2) is 24.8 Å². The Balaban J connectivity index is 2.52. The number of hydrogen-bond acceptors (Lipinski definition) is 1. The normalized spacial score (nSPS) is 27.3. The highest BCUT2D eigenvalue weighted by molar-refractivity contribution is 5.82. The lowest BCUT2D eigenvalue weighted by Crippen LogP contribution is -2.13. The van der Waals surface area contributed by atoms with Crippen molar-refractivity contribution in [3.05, 3.63) is 24.8 Å². The molecule has 0 heterocycles. The summed E-state index contributed by atoms with van der Waals surface area (Å²) in [5, 5.41) is 0. The summed E-state index contributed by atoms with van der Waals surface area (Å²) >= 11 is 0. The van der Waals surface area contributed by atoms with E-state index in [1.54, 1.807) is 0 Å². The fourth-order valence-corrected chi connectivity index (χ4v) is 1.58. The van der Waals surface area contributed by atoms with Crippen molar-refractivity contribution in [1.29, 1.82) is 0 Å². The number of carbonyl (C=O) groups excluding carboxylic acids is 1. The fraction of sp³-hybridized carbons (Fsp3) is 0.545. The molecule has 1 rings (SSSR count). The third kappa shape index (κ3) is 2.65. The number of rotatable bonds is 2. The predicted molar refractivity (Wildman–Crippen MR) is 50.9 cm³/mol. The zero-order valence-electron chi connectivity index (χ0n) is 7.46. The number of ketones is 1. The largest absolute Gasteiger partial charge is 0.299 e. The maximum absolute atomic E-state index is 11.5. The molecular formula is C11H16O. The molecule has 0 amide bonds. The topological polar surface area (TPSA) is 17.1 Å². The molecule has 0 aliphatic heterocycles. The van der Waals surface area contributed by atoms with Gasteiger partial charge in [0.05, 0.1) is 0 Å². The molecule has 0 aromatic heterocycles. The molecule has 1 aliphatic carbocycles. The molecule has 0 fully saturated rings. The average Bonchev–Trinajstić information content (AvgIpc) is 2.05. The summed E-state index contributed by atoms with van der Waals surface area (Å²) in [6.45, 7) is 3.67. The Labute approximate surface area is 74.2 Å². The van der Waals surface area contributed by atoms with Gasteiger partial charge in [-0.1, -0.05) is 18.2 Å². The van der Waals surface area contributed by atoms with Gasteiger partial charge in [-0.25, -0.2) is 0 Å². The number of Topliss-reactive ketones (excluding diaryl/α,β-unsaturated/α-hetero) is 1. The molecule has 0 saturated carbocycles. The fourth-order valence-electron chi connectivity index (χ4n) is 1.58. The Morgan fingerprint density at radius 2 is 2.42 bits per heavy atom. The van der Waals surface area contributed by atoms with Gasteiger partial charge in [0.1, 0.15) is 5.78 Å². The van der Waals surface area contributed by atoms with Crippen LogP contribution in [0.25, 0.3) is 0 Å². The van der Waals surface area contributed by atoms with Gasteiger partial charge >= 0.3 is 0 Å². The van der Waals surface area contributed by atoms with Crippen LogP contribution in [0.2, 0.25) is 0 Å². The van der Waals surface area contributed by atoms with Crippen LogP contribution >= 0.6 is 0 Å². The van der Waals surface area contributed by atoms with Crippen molar-refractivity contribution >= 4 is 5.78 Å². The van der Waals surface area contributed by atoms with E-state index in [2.05, 4.69) is 12.7 Å². The Morgan fingerprint density at radius 3 is 3.17 bits per heavy atom. The standard InChI is InChI=1S/C11H16O/c1-2-7-10-8-5-3-4-6-9-11(10)12/h2,4,6,10H,1,3,5,7-9H2/b6-4-. The van der Waals surface area contributed by atoms with Crippen molar-refractivity contribution in [3.8, 4) is 0 Å². The monoisotopic (exact) mass is 164 g/mol. The van der Waals surface area contributed by atoms with Gasteiger partial charge in [-0.3, -0.25) is 4.79 Å². The van der Waals surface area contributed by atoms with Crippen molar-refractivity contribution < 1.29 is 4.79 Å². The van der Waals surface area contributed by atoms with Crippen LogP contribution < -0.4 is 0 Å². The lowest BCUT2D eigenvalue weighted by atomic mass is 9.90. The summed E-state index contributed by atoms with van der Waals surface area (Å²) in [6, 6.07) is 0. The van der Waals surface area contributed by atoms with E-state index in [0.29, 0.717) is 12.2 Å². The molecule has 1 heteroatoms. The molecule has 0 saturated heterocycles. The van der Waals surface area contributed by atoms with Gasteiger partial charge in [-0.05, 0) is 25.7 Å². The van der Waals surface area contributed by atoms with Gasteiger partial charge in [0.15, 0.2) is 0 Å². The lowest BCUT2D eigenvalue weighted by Gasteiger charge is -2.13. The maximum Gasteiger partial charge on any atom is 0.140 e. The quantitative estimate of drug-likeness (QED) is 0.573. The molecule has 0 radical (unpaired) electrons. The van der Waals surface area contributed by atoms with Crippen LogP contribution in [-0.2, 0) is 4.79 Å². The predicted octanol–water partition coefficient (Wildman–Crippen LogP) is 2.88. The molecule has 1 nitrogen and oxygen atoms in total. The second-order valence-corrected chi connectivity index (χ2v) is 3.29. The molecular weight excluding hydrogens is 148 g/mol. The number of carbonyl (C=O) groups is 1. The molecule has 0 bridgehead atoms. The van der Waals surface area contributed by atoms with E-state index in [1.807, 2.05) is 12.2 Å². The van der Waals surface area contributed by atoms with E-state index in [4.69, 9.17) is 0 Å². The smallest absolute Gasteiger partial charge is 0.140 e. The molecule has 12 heavy (non-hydrogen) atoms. The van der Waals surface area contributed by atoms with Gasteiger partial charge in [-0.2, -0.15) is 0 Å². The molecule has 66 valence electrons. The highest BCUT2D eigenvalue weighted by Crippen LogP contribution is 2.18. The van der Waals surface area contributed by atoms with Gasteiger partial charge in [0.25, 0.3) is 0 Å². The Hall–Kier alpha value is -0.850. The third-order valence-corrected chi connectivity index (χ3v) is 2.32. The summed E-state index contributed by atoms with van der Waals surface area (Å²) in [5.74, 6) is 0.623. The van der Waals surface area contributed by atoms with Crippen LogP contribution in [0.5, 0.6) is 0 Å². The summed E-state index contributed by atoms with van der Waals surface area (Å²) in [4.78, 5) is 11.5. The van der Waals surface area contributed by atoms with Crippen molar-refractivity contribution in [2.45, 2.75) is 32.1 Å². The van der Waals surface area contributed by atoms with Crippen LogP contribution in [-0.4, -0.2) is 5.78 Å². The van der Waals surface area contributed by atoms with Crippen molar-refractivity contribution in [3.63, 3.8) is 0 Å². The SMILES string of the molecule is C=CCC1CCC/C=C\CC1=O. The van der Waals surface area contributed by atoms with Crippen molar-refractivity contribution in [2.24, 2.45) is 5.92 Å². The van der Waals surface area contributed by atoms with Crippen LogP contribution in [0.4, 0.5) is 0 Å². The first-order chi connectivity index (χ1) is 5.84. The Morgan fingerprint density at radius 1 is 1.58 bits per heavy atom. The van der Waals surface area contributed by atoms with Crippen LogP contribution in [0.1, 0.15) is 32.1 Å². The van der Waals surface area contributed by atoms with E-state index in [1.165, 1.54) is 0 Å². The van der Waals surface area contributed by atoms with Crippen molar-refractivity contribution in [2.75, 3.05) is 0 Å². The second-order valence-electron chi connectivity index (χ2n) is 3.29. The Kier molecular flexibility index (Phi) is 3.78. The summed E-state index contributed by atoms with van der Waals surface area (Å²) in [7, 11) is 0. The summed E-state index contributed by atoms with van der Waals surface area (Å²) in [6.07, 6.45) is 10.7. The van der Waals surface area contributed by atoms with E-state index in [9.17, 15) is 4.79 Å². The first kappa shape index (κ1) is 9.24. The zero-order chi connectivity index (χ0) is 8.81. The third-order valence-electron chi connectivity index (χ3n) is 2.32. The molecule has 1 aliphatic rings. The highest BCUT2D eigenvalue weighted by Gasteiger charge is 2.15.